The third-order valence-corrected chi connectivity index (χ3v) is 3.17. The summed E-state index contributed by atoms with van der Waals surface area (Å²) in [6.45, 7) is 0.0172. The predicted octanol–water partition coefficient (Wildman–Crippen LogP) is 2.57. The molecule has 5 nitrogen and oxygen atoms in total. The summed E-state index contributed by atoms with van der Waals surface area (Å²) in [4.78, 5) is 23.3. The molecule has 0 aliphatic heterocycles. The first-order valence-electron chi connectivity index (χ1n) is 7.47. The van der Waals surface area contributed by atoms with Gasteiger partial charge in [0.15, 0.2) is 0 Å². The Morgan fingerprint density at radius 3 is 2.62 bits per heavy atom. The monoisotopic (exact) mass is 325 g/mol. The summed E-state index contributed by atoms with van der Waals surface area (Å²) < 4.78 is 10.2. The Hall–Kier alpha value is -3.08. The van der Waals surface area contributed by atoms with Gasteiger partial charge >= 0.3 is 5.97 Å². The molecule has 0 fully saturated rings. The largest absolute Gasteiger partial charge is 0.497 e. The maximum atomic E-state index is 11.7. The molecule has 24 heavy (non-hydrogen) atoms. The van der Waals surface area contributed by atoms with E-state index in [4.69, 9.17) is 9.47 Å². The van der Waals surface area contributed by atoms with Crippen LogP contribution in [0.1, 0.15) is 11.1 Å². The highest BCUT2D eigenvalue weighted by Crippen LogP contribution is 2.13. The number of hydrogen-bond donors (Lipinski definition) is 1. The van der Waals surface area contributed by atoms with Gasteiger partial charge in [0.05, 0.1) is 7.11 Å². The molecule has 124 valence electrons. The van der Waals surface area contributed by atoms with Crippen LogP contribution in [0.3, 0.4) is 0 Å². The summed E-state index contributed by atoms with van der Waals surface area (Å²) in [7, 11) is 1.58. The van der Waals surface area contributed by atoms with E-state index < -0.39 is 5.97 Å². The lowest BCUT2D eigenvalue weighted by Gasteiger charge is -2.05. The number of nitrogens with one attached hydrogen (secondary N) is 1. The molecule has 0 aromatic heterocycles. The minimum Gasteiger partial charge on any atom is -0.497 e. The van der Waals surface area contributed by atoms with Crippen molar-refractivity contribution in [2.24, 2.45) is 0 Å². The first-order valence-corrected chi connectivity index (χ1v) is 7.47. The van der Waals surface area contributed by atoms with E-state index in [0.29, 0.717) is 5.75 Å². The number of ether oxygens (including phenoxy) is 2. The molecular weight excluding hydrogens is 306 g/mol. The van der Waals surface area contributed by atoms with Crippen molar-refractivity contribution in [1.29, 1.82) is 0 Å². The summed E-state index contributed by atoms with van der Waals surface area (Å²) in [5.41, 5.74) is 1.73. The fourth-order valence-electron chi connectivity index (χ4n) is 1.92. The zero-order chi connectivity index (χ0) is 17.2. The molecular formula is C19H19NO4. The fourth-order valence-corrected chi connectivity index (χ4v) is 1.92. The quantitative estimate of drug-likeness (QED) is 0.628. The molecule has 1 amide bonds. The van der Waals surface area contributed by atoms with Gasteiger partial charge in [0.2, 0.25) is 5.91 Å². The van der Waals surface area contributed by atoms with Gasteiger partial charge in [-0.05, 0) is 29.3 Å². The zero-order valence-electron chi connectivity index (χ0n) is 13.4. The van der Waals surface area contributed by atoms with Crippen LogP contribution in [0.2, 0.25) is 0 Å². The van der Waals surface area contributed by atoms with Crippen molar-refractivity contribution in [2.45, 2.75) is 6.61 Å². The molecule has 0 saturated carbocycles. The lowest BCUT2D eigenvalue weighted by Crippen LogP contribution is -2.29. The summed E-state index contributed by atoms with van der Waals surface area (Å²) in [5.74, 6) is -0.140. The Labute approximate surface area is 140 Å². The molecule has 2 aromatic rings. The van der Waals surface area contributed by atoms with Crippen LogP contribution in [0.5, 0.6) is 5.75 Å². The Bertz CT molecular complexity index is 710. The number of esters is 1. The maximum Gasteiger partial charge on any atom is 0.325 e. The molecule has 0 saturated heterocycles. The zero-order valence-corrected chi connectivity index (χ0v) is 13.4. The van der Waals surface area contributed by atoms with E-state index in [1.165, 1.54) is 6.08 Å². The lowest BCUT2D eigenvalue weighted by molar-refractivity contribution is -0.144. The second kappa shape index (κ2) is 9.15. The van der Waals surface area contributed by atoms with Crippen molar-refractivity contribution >= 4 is 18.0 Å². The smallest absolute Gasteiger partial charge is 0.325 e. The summed E-state index contributed by atoms with van der Waals surface area (Å²) in [6.07, 6.45) is 3.01. The molecule has 0 spiro atoms. The Morgan fingerprint density at radius 1 is 1.08 bits per heavy atom. The van der Waals surface area contributed by atoms with Crippen molar-refractivity contribution in [2.75, 3.05) is 13.7 Å². The number of benzene rings is 2. The van der Waals surface area contributed by atoms with E-state index in [1.54, 1.807) is 19.3 Å². The molecule has 1 N–H and O–H groups in total. The van der Waals surface area contributed by atoms with Gasteiger partial charge in [0, 0.05) is 6.08 Å². The van der Waals surface area contributed by atoms with Crippen LogP contribution in [-0.2, 0) is 20.9 Å². The minimum absolute atomic E-state index is 0.173. The number of hydrogen-bond acceptors (Lipinski definition) is 4. The highest BCUT2D eigenvalue weighted by Gasteiger charge is 2.05. The highest BCUT2D eigenvalue weighted by atomic mass is 16.5. The molecule has 2 aromatic carbocycles. The van der Waals surface area contributed by atoms with Crippen LogP contribution < -0.4 is 10.1 Å². The van der Waals surface area contributed by atoms with E-state index in [1.807, 2.05) is 48.5 Å². The maximum absolute atomic E-state index is 11.7. The van der Waals surface area contributed by atoms with Gasteiger partial charge in [-0.2, -0.15) is 0 Å². The standard InChI is InChI=1S/C19H19NO4/c1-23-17-9-5-8-15(12-17)10-11-18(21)20-13-19(22)24-14-16-6-3-2-4-7-16/h2-12H,13-14H2,1H3,(H,20,21)/b11-10+. The van der Waals surface area contributed by atoms with Crippen LogP contribution in [-0.4, -0.2) is 25.5 Å². The number of carbonyl (C=O) groups excluding carboxylic acids is 2. The molecule has 0 aliphatic carbocycles. The molecule has 0 aliphatic rings. The van der Waals surface area contributed by atoms with Gasteiger partial charge in [-0.25, -0.2) is 0 Å². The van der Waals surface area contributed by atoms with Gasteiger partial charge in [-0.3, -0.25) is 9.59 Å². The van der Waals surface area contributed by atoms with Gasteiger partial charge in [0.25, 0.3) is 0 Å². The number of rotatable bonds is 7. The molecule has 5 heteroatoms. The summed E-state index contributed by atoms with van der Waals surface area (Å²) in [5, 5.41) is 2.49. The van der Waals surface area contributed by atoms with Gasteiger partial charge in [0.1, 0.15) is 18.9 Å². The number of carbonyl (C=O) groups is 2. The first-order chi connectivity index (χ1) is 11.7. The summed E-state index contributed by atoms with van der Waals surface area (Å²) >= 11 is 0. The van der Waals surface area contributed by atoms with Gasteiger partial charge < -0.3 is 14.8 Å². The topological polar surface area (TPSA) is 64.6 Å². The van der Waals surface area contributed by atoms with Crippen LogP contribution in [0.15, 0.2) is 60.7 Å². The average Bonchev–Trinajstić information content (AvgIpc) is 2.64. The lowest BCUT2D eigenvalue weighted by atomic mass is 10.2. The Kier molecular flexibility index (Phi) is 6.58. The predicted molar refractivity (Wildman–Crippen MR) is 91.3 cm³/mol. The normalized spacial score (nSPS) is 10.4. The molecule has 0 heterocycles. The molecule has 0 unspecified atom stereocenters. The number of amides is 1. The number of methoxy groups -OCH3 is 1. The van der Waals surface area contributed by atoms with Crippen molar-refractivity contribution in [3.8, 4) is 5.75 Å². The van der Waals surface area contributed by atoms with E-state index in [0.717, 1.165) is 11.1 Å². The van der Waals surface area contributed by atoms with Crippen LogP contribution in [0, 0.1) is 0 Å². The van der Waals surface area contributed by atoms with E-state index >= 15 is 0 Å². The highest BCUT2D eigenvalue weighted by molar-refractivity contribution is 5.93. The second-order valence-electron chi connectivity index (χ2n) is 4.97. The molecule has 0 radical (unpaired) electrons. The fraction of sp³-hybridized carbons (Fsp3) is 0.158. The third-order valence-electron chi connectivity index (χ3n) is 3.17. The van der Waals surface area contributed by atoms with Crippen molar-refractivity contribution in [3.63, 3.8) is 0 Å². The van der Waals surface area contributed by atoms with Crippen molar-refractivity contribution < 1.29 is 19.1 Å². The van der Waals surface area contributed by atoms with E-state index in [-0.39, 0.29) is 19.1 Å². The SMILES string of the molecule is COc1cccc(/C=C/C(=O)NCC(=O)OCc2ccccc2)c1. The van der Waals surface area contributed by atoms with E-state index in [2.05, 4.69) is 5.32 Å². The van der Waals surface area contributed by atoms with Crippen molar-refractivity contribution in [1.82, 2.24) is 5.32 Å². The van der Waals surface area contributed by atoms with Crippen molar-refractivity contribution in [3.05, 3.63) is 71.8 Å². The third kappa shape index (κ3) is 5.96. The average molecular weight is 325 g/mol. The van der Waals surface area contributed by atoms with Gasteiger partial charge in [-0.15, -0.1) is 0 Å². The molecule has 0 bridgehead atoms. The Balaban J connectivity index is 1.74. The summed E-state index contributed by atoms with van der Waals surface area (Å²) in [6, 6.07) is 16.7. The molecule has 0 atom stereocenters. The van der Waals surface area contributed by atoms with Crippen LogP contribution >= 0.6 is 0 Å². The Morgan fingerprint density at radius 2 is 1.88 bits per heavy atom. The van der Waals surface area contributed by atoms with E-state index in [9.17, 15) is 9.59 Å². The molecule has 2 rings (SSSR count). The first kappa shape index (κ1) is 17.3. The minimum atomic E-state index is -0.484. The van der Waals surface area contributed by atoms with Crippen LogP contribution in [0.4, 0.5) is 0 Å². The van der Waals surface area contributed by atoms with Gasteiger partial charge in [-0.1, -0.05) is 42.5 Å². The van der Waals surface area contributed by atoms with Crippen LogP contribution in [0.25, 0.3) is 6.08 Å². The second-order valence-corrected chi connectivity index (χ2v) is 4.97.